The summed E-state index contributed by atoms with van der Waals surface area (Å²) in [5.41, 5.74) is 3.55. The summed E-state index contributed by atoms with van der Waals surface area (Å²) >= 11 is 1.26. The first-order valence-electron chi connectivity index (χ1n) is 9.68. The van der Waals surface area contributed by atoms with E-state index >= 15 is 0 Å². The number of hydrogen-bond acceptors (Lipinski definition) is 6. The lowest BCUT2D eigenvalue weighted by molar-refractivity contribution is -0.116. The molecule has 9 heteroatoms. The molecule has 1 heterocycles. The minimum absolute atomic E-state index is 0.0927. The van der Waals surface area contributed by atoms with Crippen LogP contribution in [0.5, 0.6) is 5.75 Å². The van der Waals surface area contributed by atoms with Crippen LogP contribution in [0.1, 0.15) is 17.0 Å². The topological polar surface area (TPSA) is 98.1 Å². The van der Waals surface area contributed by atoms with Crippen molar-refractivity contribution < 1.29 is 14.3 Å². The second kappa shape index (κ2) is 10.1. The van der Waals surface area contributed by atoms with Crippen LogP contribution in [0.15, 0.2) is 47.6 Å². The highest BCUT2D eigenvalue weighted by Crippen LogP contribution is 2.19. The predicted octanol–water partition coefficient (Wildman–Crippen LogP) is 3.35. The highest BCUT2D eigenvalue weighted by atomic mass is 32.2. The molecule has 0 bridgehead atoms. The number of methoxy groups -OCH3 is 1. The molecule has 2 aromatic carbocycles. The second-order valence-electron chi connectivity index (χ2n) is 7.07. The first-order valence-corrected chi connectivity index (χ1v) is 10.7. The number of aromatic nitrogens is 3. The summed E-state index contributed by atoms with van der Waals surface area (Å²) in [6.45, 7) is 3.93. The number of benzene rings is 2. The molecule has 0 saturated heterocycles. The third kappa shape index (κ3) is 6.08. The number of carbonyl (C=O) groups is 2. The monoisotopic (exact) mass is 439 g/mol. The van der Waals surface area contributed by atoms with Gasteiger partial charge < -0.3 is 19.9 Å². The molecule has 0 aliphatic heterocycles. The van der Waals surface area contributed by atoms with Gasteiger partial charge in [-0.1, -0.05) is 23.9 Å². The van der Waals surface area contributed by atoms with Crippen molar-refractivity contribution in [3.8, 4) is 5.75 Å². The van der Waals surface area contributed by atoms with Gasteiger partial charge in [0.1, 0.15) is 11.6 Å². The number of hydrogen-bond donors (Lipinski definition) is 2. The average Bonchev–Trinajstić information content (AvgIpc) is 3.09. The van der Waals surface area contributed by atoms with Crippen LogP contribution in [-0.4, -0.2) is 39.4 Å². The standard InChI is InChI=1S/C22H25N5O3S/c1-14-5-6-15(2)18(11-14)24-20(28)12-19-25-26-22(27(19)3)31-13-21(29)23-16-7-9-17(30-4)10-8-16/h5-11H,12-13H2,1-4H3,(H,23,29)(H,24,28). The molecule has 31 heavy (non-hydrogen) atoms. The molecule has 1 aromatic heterocycles. The summed E-state index contributed by atoms with van der Waals surface area (Å²) in [6.07, 6.45) is 0.0927. The Morgan fingerprint density at radius 2 is 1.77 bits per heavy atom. The van der Waals surface area contributed by atoms with Crippen molar-refractivity contribution >= 4 is 35.0 Å². The van der Waals surface area contributed by atoms with E-state index in [4.69, 9.17) is 4.74 Å². The van der Waals surface area contributed by atoms with Gasteiger partial charge >= 0.3 is 0 Å². The summed E-state index contributed by atoms with van der Waals surface area (Å²) in [5, 5.41) is 14.5. The number of carbonyl (C=O) groups excluding carboxylic acids is 2. The zero-order valence-electron chi connectivity index (χ0n) is 17.9. The average molecular weight is 440 g/mol. The van der Waals surface area contributed by atoms with Gasteiger partial charge in [-0.3, -0.25) is 9.59 Å². The predicted molar refractivity (Wildman–Crippen MR) is 122 cm³/mol. The summed E-state index contributed by atoms with van der Waals surface area (Å²) in [5.74, 6) is 1.10. The molecule has 2 amide bonds. The van der Waals surface area contributed by atoms with Gasteiger partial charge in [-0.25, -0.2) is 0 Å². The molecule has 0 radical (unpaired) electrons. The lowest BCUT2D eigenvalue weighted by atomic mass is 10.1. The molecule has 0 atom stereocenters. The van der Waals surface area contributed by atoms with E-state index in [1.54, 1.807) is 43.0 Å². The quantitative estimate of drug-likeness (QED) is 0.523. The van der Waals surface area contributed by atoms with Crippen molar-refractivity contribution in [2.24, 2.45) is 7.05 Å². The van der Waals surface area contributed by atoms with Gasteiger partial charge in [0, 0.05) is 18.4 Å². The van der Waals surface area contributed by atoms with Crippen LogP contribution in [0.4, 0.5) is 11.4 Å². The lowest BCUT2D eigenvalue weighted by Crippen LogP contribution is -2.18. The number of anilines is 2. The van der Waals surface area contributed by atoms with Gasteiger partial charge in [0.25, 0.3) is 0 Å². The minimum Gasteiger partial charge on any atom is -0.497 e. The third-order valence-electron chi connectivity index (χ3n) is 4.62. The molecule has 3 rings (SSSR count). The summed E-state index contributed by atoms with van der Waals surface area (Å²) in [7, 11) is 3.37. The third-order valence-corrected chi connectivity index (χ3v) is 5.64. The summed E-state index contributed by atoms with van der Waals surface area (Å²) in [6, 6.07) is 13.0. The second-order valence-corrected chi connectivity index (χ2v) is 8.01. The van der Waals surface area contributed by atoms with Crippen molar-refractivity contribution in [3.63, 3.8) is 0 Å². The molecular weight excluding hydrogens is 414 g/mol. The molecule has 0 fully saturated rings. The van der Waals surface area contributed by atoms with E-state index in [0.29, 0.717) is 16.7 Å². The van der Waals surface area contributed by atoms with Crippen molar-refractivity contribution in [2.75, 3.05) is 23.5 Å². The molecular formula is C22H25N5O3S. The Balaban J connectivity index is 1.53. The Hall–Kier alpha value is -3.33. The fourth-order valence-electron chi connectivity index (χ4n) is 2.83. The summed E-state index contributed by atoms with van der Waals surface area (Å²) < 4.78 is 6.83. The van der Waals surface area contributed by atoms with Crippen LogP contribution >= 0.6 is 11.8 Å². The largest absolute Gasteiger partial charge is 0.497 e. The van der Waals surface area contributed by atoms with Crippen LogP contribution in [0.3, 0.4) is 0 Å². The highest BCUT2D eigenvalue weighted by Gasteiger charge is 2.15. The van der Waals surface area contributed by atoms with Gasteiger partial charge in [0.05, 0.1) is 19.3 Å². The zero-order chi connectivity index (χ0) is 22.4. The van der Waals surface area contributed by atoms with Gasteiger partial charge in [-0.2, -0.15) is 0 Å². The number of rotatable bonds is 8. The van der Waals surface area contributed by atoms with E-state index in [2.05, 4.69) is 20.8 Å². The Kier molecular flexibility index (Phi) is 7.30. The number of amides is 2. The maximum Gasteiger partial charge on any atom is 0.234 e. The van der Waals surface area contributed by atoms with E-state index < -0.39 is 0 Å². The molecule has 3 aromatic rings. The van der Waals surface area contributed by atoms with Gasteiger partial charge in [0.2, 0.25) is 11.8 Å². The number of nitrogens with one attached hydrogen (secondary N) is 2. The Labute approximate surface area is 185 Å². The van der Waals surface area contributed by atoms with Crippen LogP contribution < -0.4 is 15.4 Å². The first kappa shape index (κ1) is 22.4. The SMILES string of the molecule is COc1ccc(NC(=O)CSc2nnc(CC(=O)Nc3cc(C)ccc3C)n2C)cc1. The van der Waals surface area contributed by atoms with E-state index in [-0.39, 0.29) is 24.0 Å². The lowest BCUT2D eigenvalue weighted by Gasteiger charge is -2.09. The number of ether oxygens (including phenoxy) is 1. The maximum atomic E-state index is 12.4. The Morgan fingerprint density at radius 1 is 1.03 bits per heavy atom. The van der Waals surface area contributed by atoms with E-state index in [0.717, 1.165) is 22.6 Å². The molecule has 0 unspecified atom stereocenters. The van der Waals surface area contributed by atoms with Crippen LogP contribution in [0.2, 0.25) is 0 Å². The molecule has 2 N–H and O–H groups in total. The van der Waals surface area contributed by atoms with Crippen molar-refractivity contribution in [3.05, 3.63) is 59.4 Å². The molecule has 0 aliphatic rings. The van der Waals surface area contributed by atoms with Crippen LogP contribution in [0.25, 0.3) is 0 Å². The number of aryl methyl sites for hydroxylation is 2. The smallest absolute Gasteiger partial charge is 0.234 e. The molecule has 8 nitrogen and oxygen atoms in total. The van der Waals surface area contributed by atoms with Crippen molar-refractivity contribution in [1.29, 1.82) is 0 Å². The van der Waals surface area contributed by atoms with Gasteiger partial charge in [0.15, 0.2) is 5.16 Å². The van der Waals surface area contributed by atoms with Gasteiger partial charge in [-0.15, -0.1) is 10.2 Å². The molecule has 0 saturated carbocycles. The van der Waals surface area contributed by atoms with E-state index in [9.17, 15) is 9.59 Å². The Morgan fingerprint density at radius 3 is 2.48 bits per heavy atom. The maximum absolute atomic E-state index is 12.4. The fourth-order valence-corrected chi connectivity index (χ4v) is 3.56. The molecule has 162 valence electrons. The fraction of sp³-hybridized carbons (Fsp3) is 0.273. The Bertz CT molecular complexity index is 1080. The normalized spacial score (nSPS) is 10.6. The first-order chi connectivity index (χ1) is 14.9. The van der Waals surface area contributed by atoms with E-state index in [1.165, 1.54) is 11.8 Å². The van der Waals surface area contributed by atoms with Crippen LogP contribution in [-0.2, 0) is 23.1 Å². The van der Waals surface area contributed by atoms with Gasteiger partial charge in [-0.05, 0) is 55.3 Å². The summed E-state index contributed by atoms with van der Waals surface area (Å²) in [4.78, 5) is 24.7. The number of thioether (sulfide) groups is 1. The number of nitrogens with zero attached hydrogens (tertiary/aromatic N) is 3. The van der Waals surface area contributed by atoms with E-state index in [1.807, 2.05) is 32.0 Å². The van der Waals surface area contributed by atoms with Crippen molar-refractivity contribution in [2.45, 2.75) is 25.4 Å². The molecule has 0 spiro atoms. The molecule has 0 aliphatic carbocycles. The van der Waals surface area contributed by atoms with Crippen LogP contribution in [0, 0.1) is 13.8 Å². The highest BCUT2D eigenvalue weighted by molar-refractivity contribution is 7.99. The minimum atomic E-state index is -0.169. The van der Waals surface area contributed by atoms with Crippen molar-refractivity contribution in [1.82, 2.24) is 14.8 Å². The zero-order valence-corrected chi connectivity index (χ0v) is 18.7.